The van der Waals surface area contributed by atoms with Gasteiger partial charge in [-0.1, -0.05) is 6.07 Å². The van der Waals surface area contributed by atoms with Crippen molar-refractivity contribution < 1.29 is 9.53 Å². The zero-order chi connectivity index (χ0) is 14.4. The largest absolute Gasteiger partial charge is 0.377 e. The third kappa shape index (κ3) is 4.50. The molecule has 0 bridgehead atoms. The van der Waals surface area contributed by atoms with E-state index in [-0.39, 0.29) is 11.9 Å². The topological polar surface area (TPSA) is 29.5 Å². The second-order valence-corrected chi connectivity index (χ2v) is 7.21. The Bertz CT molecular complexity index is 402. The van der Waals surface area contributed by atoms with Crippen LogP contribution in [0.4, 0.5) is 0 Å². The Morgan fingerprint density at radius 3 is 3.10 bits per heavy atom. The lowest BCUT2D eigenvalue weighted by molar-refractivity contribution is -0.128. The van der Waals surface area contributed by atoms with Crippen LogP contribution in [0.5, 0.6) is 0 Å². The number of thioether (sulfide) groups is 1. The van der Waals surface area contributed by atoms with Gasteiger partial charge in [-0.3, -0.25) is 4.79 Å². The van der Waals surface area contributed by atoms with Gasteiger partial charge in [0, 0.05) is 24.3 Å². The molecule has 1 saturated heterocycles. The van der Waals surface area contributed by atoms with Crippen LogP contribution in [0.25, 0.3) is 0 Å². The van der Waals surface area contributed by atoms with Crippen molar-refractivity contribution in [2.75, 3.05) is 25.2 Å². The van der Waals surface area contributed by atoms with Gasteiger partial charge in [0.25, 0.3) is 0 Å². The van der Waals surface area contributed by atoms with E-state index in [2.05, 4.69) is 18.4 Å². The molecule has 1 aliphatic heterocycles. The number of carbonyl (C=O) groups is 1. The standard InChI is InChI=1S/C15H23NO2S2/c1-12(14-7-5-9-20-14)16(2)15(17)11-19-10-13-6-3-4-8-18-13/h5,7,9,12-13H,3-4,6,8,10-11H2,1-2H3/t12-,13+/m0/s1. The van der Waals surface area contributed by atoms with Gasteiger partial charge in [0.15, 0.2) is 0 Å². The summed E-state index contributed by atoms with van der Waals surface area (Å²) in [6, 6.07) is 4.28. The first-order chi connectivity index (χ1) is 9.68. The van der Waals surface area contributed by atoms with Crippen LogP contribution < -0.4 is 0 Å². The van der Waals surface area contributed by atoms with E-state index in [0.29, 0.717) is 11.9 Å². The smallest absolute Gasteiger partial charge is 0.232 e. The van der Waals surface area contributed by atoms with Gasteiger partial charge in [-0.05, 0) is 37.6 Å². The fourth-order valence-corrected chi connectivity index (χ4v) is 4.10. The summed E-state index contributed by atoms with van der Waals surface area (Å²) in [5, 5.41) is 2.05. The molecule has 1 amide bonds. The van der Waals surface area contributed by atoms with Crippen LogP contribution in [0.2, 0.25) is 0 Å². The van der Waals surface area contributed by atoms with Crippen LogP contribution >= 0.6 is 23.1 Å². The minimum atomic E-state index is 0.161. The minimum Gasteiger partial charge on any atom is -0.377 e. The summed E-state index contributed by atoms with van der Waals surface area (Å²) in [6.07, 6.45) is 3.93. The zero-order valence-electron chi connectivity index (χ0n) is 12.2. The molecular weight excluding hydrogens is 290 g/mol. The third-order valence-corrected chi connectivity index (χ3v) is 5.83. The molecule has 2 heterocycles. The zero-order valence-corrected chi connectivity index (χ0v) is 13.8. The molecule has 5 heteroatoms. The highest BCUT2D eigenvalue weighted by atomic mass is 32.2. The molecule has 1 aromatic heterocycles. The highest BCUT2D eigenvalue weighted by Gasteiger charge is 2.19. The van der Waals surface area contributed by atoms with Crippen LogP contribution in [0.1, 0.15) is 37.1 Å². The third-order valence-electron chi connectivity index (χ3n) is 3.73. The number of hydrogen-bond donors (Lipinski definition) is 0. The van der Waals surface area contributed by atoms with E-state index < -0.39 is 0 Å². The van der Waals surface area contributed by atoms with Crippen molar-refractivity contribution in [3.8, 4) is 0 Å². The monoisotopic (exact) mass is 313 g/mol. The lowest BCUT2D eigenvalue weighted by atomic mass is 10.1. The Kier molecular flexibility index (Phi) is 6.39. The van der Waals surface area contributed by atoms with Gasteiger partial charge < -0.3 is 9.64 Å². The maximum atomic E-state index is 12.2. The molecule has 0 N–H and O–H groups in total. The Balaban J connectivity index is 1.71. The summed E-state index contributed by atoms with van der Waals surface area (Å²) in [4.78, 5) is 15.3. The van der Waals surface area contributed by atoms with Crippen molar-refractivity contribution in [3.63, 3.8) is 0 Å². The Morgan fingerprint density at radius 1 is 1.60 bits per heavy atom. The van der Waals surface area contributed by atoms with E-state index in [9.17, 15) is 4.79 Å². The normalized spacial score (nSPS) is 20.6. The molecule has 20 heavy (non-hydrogen) atoms. The lowest BCUT2D eigenvalue weighted by Gasteiger charge is -2.25. The molecule has 1 fully saturated rings. The molecule has 0 aromatic carbocycles. The Labute approximate surface area is 129 Å². The van der Waals surface area contributed by atoms with E-state index in [1.807, 2.05) is 18.0 Å². The van der Waals surface area contributed by atoms with E-state index in [0.717, 1.165) is 18.8 Å². The molecular formula is C15H23NO2S2. The van der Waals surface area contributed by atoms with Crippen LogP contribution in [0, 0.1) is 0 Å². The van der Waals surface area contributed by atoms with E-state index in [1.54, 1.807) is 23.1 Å². The molecule has 3 nitrogen and oxygen atoms in total. The van der Waals surface area contributed by atoms with E-state index in [1.165, 1.54) is 17.7 Å². The lowest BCUT2D eigenvalue weighted by Crippen LogP contribution is -2.31. The van der Waals surface area contributed by atoms with Crippen molar-refractivity contribution in [1.29, 1.82) is 0 Å². The summed E-state index contributed by atoms with van der Waals surface area (Å²) in [5.74, 6) is 1.69. The fourth-order valence-electron chi connectivity index (χ4n) is 2.25. The van der Waals surface area contributed by atoms with Crippen LogP contribution in [-0.2, 0) is 9.53 Å². The molecule has 0 spiro atoms. The van der Waals surface area contributed by atoms with Crippen LogP contribution in [0.15, 0.2) is 17.5 Å². The second-order valence-electron chi connectivity index (χ2n) is 5.20. The Morgan fingerprint density at radius 2 is 2.45 bits per heavy atom. The van der Waals surface area contributed by atoms with Crippen LogP contribution in [-0.4, -0.2) is 42.1 Å². The summed E-state index contributed by atoms with van der Waals surface area (Å²) < 4.78 is 5.68. The fraction of sp³-hybridized carbons (Fsp3) is 0.667. The number of carbonyl (C=O) groups excluding carboxylic acids is 1. The minimum absolute atomic E-state index is 0.161. The number of ether oxygens (including phenoxy) is 1. The summed E-state index contributed by atoms with van der Waals surface area (Å²) in [7, 11) is 1.89. The molecule has 1 aromatic rings. The first kappa shape index (κ1) is 15.9. The van der Waals surface area contributed by atoms with E-state index in [4.69, 9.17) is 4.74 Å². The SMILES string of the molecule is C[C@@H](c1cccs1)N(C)C(=O)CSC[C@H]1CCCCO1. The maximum Gasteiger partial charge on any atom is 0.232 e. The number of hydrogen-bond acceptors (Lipinski definition) is 4. The van der Waals surface area contributed by atoms with Crippen molar-refractivity contribution in [1.82, 2.24) is 4.90 Å². The van der Waals surface area contributed by atoms with Gasteiger partial charge in [-0.15, -0.1) is 23.1 Å². The quantitative estimate of drug-likeness (QED) is 0.804. The molecule has 112 valence electrons. The van der Waals surface area contributed by atoms with Gasteiger partial charge in [0.05, 0.1) is 17.9 Å². The van der Waals surface area contributed by atoms with Gasteiger partial charge in [-0.25, -0.2) is 0 Å². The molecule has 0 radical (unpaired) electrons. The van der Waals surface area contributed by atoms with Crippen LogP contribution in [0.3, 0.4) is 0 Å². The van der Waals surface area contributed by atoms with Gasteiger partial charge >= 0.3 is 0 Å². The highest BCUT2D eigenvalue weighted by molar-refractivity contribution is 7.99. The number of thiophene rings is 1. The first-order valence-corrected chi connectivity index (χ1v) is 9.20. The van der Waals surface area contributed by atoms with Gasteiger partial charge in [0.2, 0.25) is 5.91 Å². The van der Waals surface area contributed by atoms with Gasteiger partial charge in [-0.2, -0.15) is 0 Å². The molecule has 0 aliphatic carbocycles. The average Bonchev–Trinajstić information content (AvgIpc) is 3.01. The predicted molar refractivity (Wildman–Crippen MR) is 86.4 cm³/mol. The van der Waals surface area contributed by atoms with Crippen molar-refractivity contribution >= 4 is 29.0 Å². The number of amides is 1. The average molecular weight is 313 g/mol. The molecule has 1 aliphatic rings. The van der Waals surface area contributed by atoms with Crippen molar-refractivity contribution in [3.05, 3.63) is 22.4 Å². The number of nitrogens with zero attached hydrogens (tertiary/aromatic N) is 1. The predicted octanol–water partition coefficient (Wildman–Crippen LogP) is 3.57. The summed E-state index contributed by atoms with van der Waals surface area (Å²) in [5.41, 5.74) is 0. The summed E-state index contributed by atoms with van der Waals surface area (Å²) in [6.45, 7) is 2.97. The van der Waals surface area contributed by atoms with Crippen molar-refractivity contribution in [2.24, 2.45) is 0 Å². The Hall–Kier alpha value is -0.520. The van der Waals surface area contributed by atoms with Gasteiger partial charge in [0.1, 0.15) is 0 Å². The highest BCUT2D eigenvalue weighted by Crippen LogP contribution is 2.24. The molecule has 0 unspecified atom stereocenters. The molecule has 0 saturated carbocycles. The van der Waals surface area contributed by atoms with E-state index >= 15 is 0 Å². The maximum absolute atomic E-state index is 12.2. The summed E-state index contributed by atoms with van der Waals surface area (Å²) >= 11 is 3.40. The molecule has 2 rings (SSSR count). The molecule has 2 atom stereocenters. The number of rotatable bonds is 6. The first-order valence-electron chi connectivity index (χ1n) is 7.17. The van der Waals surface area contributed by atoms with Crippen molar-refractivity contribution in [2.45, 2.75) is 38.3 Å². The second kappa shape index (κ2) is 8.05.